The normalized spacial score (nSPS) is 11.6. The van der Waals surface area contributed by atoms with Crippen LogP contribution in [0.2, 0.25) is 0 Å². The maximum Gasteiger partial charge on any atom is 0.418 e. The first-order valence-corrected chi connectivity index (χ1v) is 6.20. The predicted octanol–water partition coefficient (Wildman–Crippen LogP) is 3.80. The van der Waals surface area contributed by atoms with Crippen LogP contribution in [0.25, 0.3) is 10.9 Å². The Hall–Kier alpha value is -1.81. The minimum atomic E-state index is -0.556. The van der Waals surface area contributed by atoms with E-state index in [0.29, 0.717) is 11.1 Å². The highest BCUT2D eigenvalue weighted by atomic mass is 35.5. The number of ether oxygens (including phenoxy) is 1. The molecule has 0 radical (unpaired) electrons. The van der Waals surface area contributed by atoms with Gasteiger partial charge in [-0.2, -0.15) is 0 Å². The number of hydrogen-bond acceptors (Lipinski definition) is 3. The van der Waals surface area contributed by atoms with Crippen molar-refractivity contribution in [1.82, 2.24) is 4.57 Å². The molecular formula is C14H14ClNO3. The lowest BCUT2D eigenvalue weighted by Gasteiger charge is -2.19. The summed E-state index contributed by atoms with van der Waals surface area (Å²) >= 11 is 5.42. The maximum atomic E-state index is 12.0. The molecule has 0 aliphatic heterocycles. The molecule has 0 aliphatic rings. The molecule has 0 N–H and O–H groups in total. The lowest BCUT2D eigenvalue weighted by atomic mass is 10.2. The molecule has 1 aromatic carbocycles. The summed E-state index contributed by atoms with van der Waals surface area (Å²) < 4.78 is 6.70. The zero-order chi connectivity index (χ0) is 14.2. The smallest absolute Gasteiger partial charge is 0.418 e. The Balaban J connectivity index is 2.41. The fourth-order valence-electron chi connectivity index (χ4n) is 1.74. The highest BCUT2D eigenvalue weighted by molar-refractivity contribution is 6.67. The van der Waals surface area contributed by atoms with Gasteiger partial charge in [-0.1, -0.05) is 0 Å². The highest BCUT2D eigenvalue weighted by Gasteiger charge is 2.19. The molecule has 0 spiro atoms. The van der Waals surface area contributed by atoms with Gasteiger partial charge in [-0.25, -0.2) is 4.79 Å². The first kappa shape index (κ1) is 13.6. The van der Waals surface area contributed by atoms with E-state index in [1.54, 1.807) is 51.2 Å². The molecule has 2 rings (SSSR count). The van der Waals surface area contributed by atoms with Crippen molar-refractivity contribution >= 4 is 33.8 Å². The fourth-order valence-corrected chi connectivity index (χ4v) is 1.85. The molecule has 0 saturated heterocycles. The molecular weight excluding hydrogens is 266 g/mol. The number of fused-ring (bicyclic) bond motifs is 1. The number of carbonyl (C=O) groups is 2. The Bertz CT molecular complexity index is 652. The summed E-state index contributed by atoms with van der Waals surface area (Å²) in [5.41, 5.74) is 0.520. The summed E-state index contributed by atoms with van der Waals surface area (Å²) in [6.07, 6.45) is 1.16. The van der Waals surface area contributed by atoms with Crippen molar-refractivity contribution < 1.29 is 14.3 Å². The third kappa shape index (κ3) is 2.96. The van der Waals surface area contributed by atoms with Crippen LogP contribution in [0.5, 0.6) is 0 Å². The van der Waals surface area contributed by atoms with Gasteiger partial charge in [0.2, 0.25) is 0 Å². The molecule has 5 heteroatoms. The number of aromatic nitrogens is 1. The Morgan fingerprint density at radius 3 is 2.47 bits per heavy atom. The van der Waals surface area contributed by atoms with Crippen molar-refractivity contribution in [2.75, 3.05) is 0 Å². The van der Waals surface area contributed by atoms with Crippen molar-refractivity contribution in [2.24, 2.45) is 0 Å². The minimum Gasteiger partial charge on any atom is -0.443 e. The number of hydrogen-bond donors (Lipinski definition) is 0. The van der Waals surface area contributed by atoms with E-state index in [1.165, 1.54) is 4.57 Å². The molecule has 0 bridgehead atoms. The molecule has 4 nitrogen and oxygen atoms in total. The van der Waals surface area contributed by atoms with Gasteiger partial charge in [0.25, 0.3) is 5.24 Å². The maximum absolute atomic E-state index is 12.0. The van der Waals surface area contributed by atoms with Crippen LogP contribution in [-0.4, -0.2) is 21.5 Å². The van der Waals surface area contributed by atoms with Crippen molar-refractivity contribution in [1.29, 1.82) is 0 Å². The van der Waals surface area contributed by atoms with E-state index in [1.807, 2.05) is 0 Å². The lowest BCUT2D eigenvalue weighted by molar-refractivity contribution is 0.0544. The fraction of sp³-hybridized carbons (Fsp3) is 0.286. The number of halogens is 1. The second-order valence-corrected chi connectivity index (χ2v) is 5.56. The minimum absolute atomic E-state index is 0.399. The van der Waals surface area contributed by atoms with E-state index >= 15 is 0 Å². The molecule has 0 saturated carbocycles. The Morgan fingerprint density at radius 1 is 1.21 bits per heavy atom. The summed E-state index contributed by atoms with van der Waals surface area (Å²) in [6.45, 7) is 5.42. The summed E-state index contributed by atoms with van der Waals surface area (Å²) in [7, 11) is 0. The van der Waals surface area contributed by atoms with Crippen LogP contribution in [0.3, 0.4) is 0 Å². The van der Waals surface area contributed by atoms with E-state index in [0.717, 1.165) is 5.39 Å². The van der Waals surface area contributed by atoms with E-state index in [2.05, 4.69) is 0 Å². The van der Waals surface area contributed by atoms with Gasteiger partial charge >= 0.3 is 6.09 Å². The second kappa shape index (κ2) is 4.70. The van der Waals surface area contributed by atoms with Crippen LogP contribution in [0.15, 0.2) is 30.5 Å². The predicted molar refractivity (Wildman–Crippen MR) is 73.8 cm³/mol. The zero-order valence-corrected chi connectivity index (χ0v) is 11.7. The largest absolute Gasteiger partial charge is 0.443 e. The second-order valence-electron chi connectivity index (χ2n) is 5.21. The zero-order valence-electron chi connectivity index (χ0n) is 10.9. The molecule has 0 amide bonds. The van der Waals surface area contributed by atoms with Gasteiger partial charge in [-0.3, -0.25) is 9.36 Å². The average Bonchev–Trinajstić information content (AvgIpc) is 2.68. The van der Waals surface area contributed by atoms with Gasteiger partial charge < -0.3 is 4.74 Å². The van der Waals surface area contributed by atoms with Crippen LogP contribution in [0, 0.1) is 0 Å². The first-order valence-electron chi connectivity index (χ1n) is 5.82. The Morgan fingerprint density at radius 2 is 1.89 bits per heavy atom. The summed E-state index contributed by atoms with van der Waals surface area (Å²) in [5.74, 6) is 0. The summed E-state index contributed by atoms with van der Waals surface area (Å²) in [4.78, 5) is 23.1. The van der Waals surface area contributed by atoms with Crippen molar-refractivity contribution in [3.05, 3.63) is 36.0 Å². The summed E-state index contributed by atoms with van der Waals surface area (Å²) in [6, 6.07) is 6.64. The van der Waals surface area contributed by atoms with Gasteiger partial charge in [-0.15, -0.1) is 0 Å². The SMILES string of the molecule is CC(C)(C)OC(=O)n1ccc2cc(C(=O)Cl)ccc21. The number of nitrogens with zero attached hydrogens (tertiary/aromatic N) is 1. The lowest BCUT2D eigenvalue weighted by Crippen LogP contribution is -2.26. The standard InChI is InChI=1S/C14H14ClNO3/c1-14(2,3)19-13(18)16-7-6-9-8-10(12(15)17)4-5-11(9)16/h4-8H,1-3H3. The van der Waals surface area contributed by atoms with Crippen LogP contribution >= 0.6 is 11.6 Å². The van der Waals surface area contributed by atoms with E-state index in [-0.39, 0.29) is 0 Å². The quantitative estimate of drug-likeness (QED) is 0.746. The van der Waals surface area contributed by atoms with E-state index < -0.39 is 16.9 Å². The van der Waals surface area contributed by atoms with Gasteiger partial charge in [-0.05, 0) is 56.6 Å². The van der Waals surface area contributed by atoms with E-state index in [4.69, 9.17) is 16.3 Å². The Kier molecular flexibility index (Phi) is 3.37. The molecule has 0 fully saturated rings. The van der Waals surface area contributed by atoms with Crippen molar-refractivity contribution in [2.45, 2.75) is 26.4 Å². The van der Waals surface area contributed by atoms with Crippen LogP contribution in [-0.2, 0) is 4.74 Å². The van der Waals surface area contributed by atoms with Crippen molar-refractivity contribution in [3.8, 4) is 0 Å². The monoisotopic (exact) mass is 279 g/mol. The van der Waals surface area contributed by atoms with Crippen LogP contribution in [0.1, 0.15) is 31.1 Å². The molecule has 0 aliphatic carbocycles. The van der Waals surface area contributed by atoms with Gasteiger partial charge in [0, 0.05) is 17.1 Å². The number of carbonyl (C=O) groups excluding carboxylic acids is 2. The van der Waals surface area contributed by atoms with Crippen molar-refractivity contribution in [3.63, 3.8) is 0 Å². The average molecular weight is 280 g/mol. The molecule has 1 heterocycles. The highest BCUT2D eigenvalue weighted by Crippen LogP contribution is 2.20. The molecule has 0 atom stereocenters. The third-order valence-electron chi connectivity index (χ3n) is 2.51. The molecule has 19 heavy (non-hydrogen) atoms. The third-order valence-corrected chi connectivity index (χ3v) is 2.73. The van der Waals surface area contributed by atoms with Gasteiger partial charge in [0.05, 0.1) is 5.52 Å². The summed E-state index contributed by atoms with van der Waals surface area (Å²) in [5, 5.41) is 0.240. The molecule has 1 aromatic heterocycles. The number of rotatable bonds is 1. The Labute approximate surface area is 115 Å². The molecule has 2 aromatic rings. The van der Waals surface area contributed by atoms with Crippen LogP contribution in [0.4, 0.5) is 4.79 Å². The van der Waals surface area contributed by atoms with Crippen LogP contribution < -0.4 is 0 Å². The number of benzene rings is 1. The molecule has 0 unspecified atom stereocenters. The first-order chi connectivity index (χ1) is 8.78. The topological polar surface area (TPSA) is 48.3 Å². The van der Waals surface area contributed by atoms with E-state index in [9.17, 15) is 9.59 Å². The van der Waals surface area contributed by atoms with Gasteiger partial charge in [0.15, 0.2) is 0 Å². The van der Waals surface area contributed by atoms with Gasteiger partial charge in [0.1, 0.15) is 5.60 Å². The molecule has 100 valence electrons.